The fraction of sp³-hybridized carbons (Fsp3) is 0.280. The summed E-state index contributed by atoms with van der Waals surface area (Å²) < 4.78 is 29.5. The van der Waals surface area contributed by atoms with Crippen LogP contribution in [-0.4, -0.2) is 35.1 Å². The van der Waals surface area contributed by atoms with Gasteiger partial charge < -0.3 is 11.1 Å². The van der Waals surface area contributed by atoms with Crippen LogP contribution in [0.5, 0.6) is 0 Å². The number of aldehydes is 1. The number of carbonyl (C=O) groups is 2. The lowest BCUT2D eigenvalue weighted by Crippen LogP contribution is -2.42. The SMILES string of the molecule is CNc1cnccc1C1CC(N)C(=O)C(Cc2cccc(F)c2-c2nc(C=O)ccc2F)C1. The molecule has 1 aliphatic rings. The molecule has 2 aromatic heterocycles. The summed E-state index contributed by atoms with van der Waals surface area (Å²) in [7, 11) is 1.81. The maximum Gasteiger partial charge on any atom is 0.168 e. The molecule has 1 fully saturated rings. The molecule has 3 unspecified atom stereocenters. The van der Waals surface area contributed by atoms with Crippen LogP contribution in [0.25, 0.3) is 11.3 Å². The molecular weight excluding hydrogens is 426 g/mol. The van der Waals surface area contributed by atoms with Gasteiger partial charge >= 0.3 is 0 Å². The van der Waals surface area contributed by atoms with Crippen LogP contribution in [0, 0.1) is 17.6 Å². The fourth-order valence-corrected chi connectivity index (χ4v) is 4.66. The zero-order valence-corrected chi connectivity index (χ0v) is 18.1. The van der Waals surface area contributed by atoms with Gasteiger partial charge in [0.1, 0.15) is 23.0 Å². The lowest BCUT2D eigenvalue weighted by molar-refractivity contribution is -0.126. The maximum atomic E-state index is 14.9. The zero-order chi connectivity index (χ0) is 23.5. The predicted octanol–water partition coefficient (Wildman–Crippen LogP) is 3.91. The topological polar surface area (TPSA) is 98.0 Å². The number of Topliss-reactive ketones (excluding diaryl/α,β-unsaturated/α-hetero) is 1. The third-order valence-electron chi connectivity index (χ3n) is 6.23. The molecule has 0 amide bonds. The average molecular weight is 450 g/mol. The summed E-state index contributed by atoms with van der Waals surface area (Å²) in [5, 5.41) is 3.12. The van der Waals surface area contributed by atoms with Crippen LogP contribution in [0.1, 0.15) is 40.4 Å². The van der Waals surface area contributed by atoms with Crippen LogP contribution in [0.3, 0.4) is 0 Å². The number of benzene rings is 1. The highest BCUT2D eigenvalue weighted by molar-refractivity contribution is 5.88. The van der Waals surface area contributed by atoms with E-state index < -0.39 is 23.6 Å². The first kappa shape index (κ1) is 22.7. The van der Waals surface area contributed by atoms with Gasteiger partial charge in [-0.2, -0.15) is 0 Å². The van der Waals surface area contributed by atoms with Gasteiger partial charge in [-0.25, -0.2) is 13.8 Å². The van der Waals surface area contributed by atoms with Gasteiger partial charge in [0.05, 0.1) is 17.9 Å². The van der Waals surface area contributed by atoms with E-state index in [4.69, 9.17) is 5.73 Å². The van der Waals surface area contributed by atoms with E-state index in [1.54, 1.807) is 25.5 Å². The molecule has 1 aliphatic carbocycles. The van der Waals surface area contributed by atoms with Crippen molar-refractivity contribution in [1.82, 2.24) is 9.97 Å². The Morgan fingerprint density at radius 3 is 2.73 bits per heavy atom. The van der Waals surface area contributed by atoms with Gasteiger partial charge in [0.15, 0.2) is 12.1 Å². The number of nitrogens with zero attached hydrogens (tertiary/aromatic N) is 2. The third-order valence-corrected chi connectivity index (χ3v) is 6.23. The maximum absolute atomic E-state index is 14.9. The lowest BCUT2D eigenvalue weighted by Gasteiger charge is -2.33. The summed E-state index contributed by atoms with van der Waals surface area (Å²) >= 11 is 0. The molecule has 2 heterocycles. The lowest BCUT2D eigenvalue weighted by atomic mass is 9.72. The average Bonchev–Trinajstić information content (AvgIpc) is 2.82. The van der Waals surface area contributed by atoms with Crippen molar-refractivity contribution in [2.75, 3.05) is 12.4 Å². The summed E-state index contributed by atoms with van der Waals surface area (Å²) in [4.78, 5) is 32.2. The molecule has 1 saturated carbocycles. The molecular formula is C25H24F2N4O2. The van der Waals surface area contributed by atoms with E-state index in [2.05, 4.69) is 15.3 Å². The van der Waals surface area contributed by atoms with E-state index in [9.17, 15) is 18.4 Å². The van der Waals surface area contributed by atoms with Crippen LogP contribution in [0.15, 0.2) is 48.8 Å². The highest BCUT2D eigenvalue weighted by atomic mass is 19.1. The van der Waals surface area contributed by atoms with Gasteiger partial charge in [-0.1, -0.05) is 12.1 Å². The molecule has 170 valence electrons. The van der Waals surface area contributed by atoms with Crippen molar-refractivity contribution in [1.29, 1.82) is 0 Å². The first-order chi connectivity index (χ1) is 15.9. The first-order valence-corrected chi connectivity index (χ1v) is 10.7. The molecule has 8 heteroatoms. The minimum absolute atomic E-state index is 0.00582. The van der Waals surface area contributed by atoms with Gasteiger partial charge in [0, 0.05) is 24.7 Å². The molecule has 4 rings (SSSR count). The minimum atomic E-state index is -0.744. The number of rotatable bonds is 6. The Hall–Kier alpha value is -3.52. The second kappa shape index (κ2) is 9.54. The number of nitrogens with one attached hydrogen (secondary N) is 1. The normalized spacial score (nSPS) is 20.5. The van der Waals surface area contributed by atoms with Crippen molar-refractivity contribution in [2.24, 2.45) is 11.7 Å². The standard InChI is InChI=1S/C25H24F2N4O2/c1-29-22-12-30-8-7-18(22)15-10-16(25(33)21(28)11-15)9-14-3-2-4-19(26)23(14)24-20(27)6-5-17(13-32)31-24/h2-8,12-13,15-16,21,29H,9-11,28H2,1H3. The highest BCUT2D eigenvalue weighted by Crippen LogP contribution is 2.39. The number of aromatic nitrogens is 2. The third kappa shape index (κ3) is 4.52. The highest BCUT2D eigenvalue weighted by Gasteiger charge is 2.36. The number of anilines is 1. The Kier molecular flexibility index (Phi) is 6.55. The molecule has 0 bridgehead atoms. The first-order valence-electron chi connectivity index (χ1n) is 10.7. The van der Waals surface area contributed by atoms with E-state index in [1.807, 2.05) is 6.07 Å². The number of nitrogens with two attached hydrogens (primary N) is 1. The van der Waals surface area contributed by atoms with Crippen LogP contribution in [0.2, 0.25) is 0 Å². The van der Waals surface area contributed by atoms with E-state index in [0.717, 1.165) is 17.3 Å². The Morgan fingerprint density at radius 1 is 1.15 bits per heavy atom. The molecule has 1 aromatic carbocycles. The summed E-state index contributed by atoms with van der Waals surface area (Å²) in [5.74, 6) is -1.98. The Bertz CT molecular complexity index is 1200. The van der Waals surface area contributed by atoms with Crippen LogP contribution in [-0.2, 0) is 11.2 Å². The second-order valence-electron chi connectivity index (χ2n) is 8.25. The summed E-state index contributed by atoms with van der Waals surface area (Å²) in [6, 6.07) is 7.95. The second-order valence-corrected chi connectivity index (χ2v) is 8.25. The van der Waals surface area contributed by atoms with Crippen molar-refractivity contribution in [3.05, 3.63) is 77.2 Å². The zero-order valence-electron chi connectivity index (χ0n) is 18.1. The van der Waals surface area contributed by atoms with Crippen molar-refractivity contribution in [3.63, 3.8) is 0 Å². The Morgan fingerprint density at radius 2 is 1.97 bits per heavy atom. The van der Waals surface area contributed by atoms with Crippen LogP contribution >= 0.6 is 0 Å². The summed E-state index contributed by atoms with van der Waals surface area (Å²) in [6.45, 7) is 0. The Labute approximate surface area is 190 Å². The number of ketones is 1. The minimum Gasteiger partial charge on any atom is -0.387 e. The van der Waals surface area contributed by atoms with Gasteiger partial charge in [-0.15, -0.1) is 0 Å². The molecule has 3 atom stereocenters. The Balaban J connectivity index is 1.71. The summed E-state index contributed by atoms with van der Waals surface area (Å²) in [5.41, 5.74) is 8.25. The molecule has 0 aliphatic heterocycles. The van der Waals surface area contributed by atoms with Gasteiger partial charge in [-0.05, 0) is 60.6 Å². The smallest absolute Gasteiger partial charge is 0.168 e. The van der Waals surface area contributed by atoms with Crippen molar-refractivity contribution in [2.45, 2.75) is 31.2 Å². The van der Waals surface area contributed by atoms with Gasteiger partial charge in [-0.3, -0.25) is 14.6 Å². The van der Waals surface area contributed by atoms with Crippen LogP contribution < -0.4 is 11.1 Å². The molecule has 0 saturated heterocycles. The predicted molar refractivity (Wildman–Crippen MR) is 121 cm³/mol. The van der Waals surface area contributed by atoms with Crippen molar-refractivity contribution < 1.29 is 18.4 Å². The van der Waals surface area contributed by atoms with E-state index in [-0.39, 0.29) is 35.1 Å². The van der Waals surface area contributed by atoms with E-state index in [1.165, 1.54) is 18.2 Å². The number of hydrogen-bond acceptors (Lipinski definition) is 6. The quantitative estimate of drug-likeness (QED) is 0.553. The van der Waals surface area contributed by atoms with Crippen molar-refractivity contribution >= 4 is 17.8 Å². The van der Waals surface area contributed by atoms with Crippen LogP contribution in [0.4, 0.5) is 14.5 Å². The van der Waals surface area contributed by atoms with Gasteiger partial charge in [0.2, 0.25) is 0 Å². The molecule has 0 spiro atoms. The van der Waals surface area contributed by atoms with E-state index in [0.29, 0.717) is 24.7 Å². The molecule has 3 N–H and O–H groups in total. The molecule has 6 nitrogen and oxygen atoms in total. The summed E-state index contributed by atoms with van der Waals surface area (Å²) in [6.07, 6.45) is 5.11. The molecule has 33 heavy (non-hydrogen) atoms. The number of pyridine rings is 2. The number of hydrogen-bond donors (Lipinski definition) is 2. The molecule has 0 radical (unpaired) electrons. The van der Waals surface area contributed by atoms with Gasteiger partial charge in [0.25, 0.3) is 0 Å². The van der Waals surface area contributed by atoms with Crippen molar-refractivity contribution in [3.8, 4) is 11.3 Å². The van der Waals surface area contributed by atoms with E-state index >= 15 is 0 Å². The fourth-order valence-electron chi connectivity index (χ4n) is 4.66. The largest absolute Gasteiger partial charge is 0.387 e. The monoisotopic (exact) mass is 450 g/mol. The molecule has 3 aromatic rings. The number of halogens is 2. The number of carbonyl (C=O) groups excluding carboxylic acids is 2.